The number of hydrogen-bond donors (Lipinski definition) is 2. The van der Waals surface area contributed by atoms with Crippen LogP contribution in [0, 0.1) is 11.7 Å². The predicted octanol–water partition coefficient (Wildman–Crippen LogP) is 3.11. The van der Waals surface area contributed by atoms with Crippen LogP contribution in [-0.4, -0.2) is 63.9 Å². The second kappa shape index (κ2) is 13.2. The van der Waals surface area contributed by atoms with Gasteiger partial charge in [-0.3, -0.25) is 10.1 Å². The van der Waals surface area contributed by atoms with Gasteiger partial charge in [0.25, 0.3) is 0 Å². The van der Waals surface area contributed by atoms with Crippen molar-refractivity contribution < 1.29 is 31.9 Å². The van der Waals surface area contributed by atoms with Crippen molar-refractivity contribution in [3.05, 3.63) is 29.6 Å². The number of halogens is 1. The zero-order valence-corrected chi connectivity index (χ0v) is 21.1. The number of amides is 3. The summed E-state index contributed by atoms with van der Waals surface area (Å²) in [6.45, 7) is 3.86. The van der Waals surface area contributed by atoms with Crippen LogP contribution < -0.4 is 14.8 Å². The van der Waals surface area contributed by atoms with Crippen molar-refractivity contribution >= 4 is 22.0 Å². The van der Waals surface area contributed by atoms with E-state index in [9.17, 15) is 22.4 Å². The Morgan fingerprint density at radius 3 is 2.69 bits per heavy atom. The molecule has 3 amide bonds. The van der Waals surface area contributed by atoms with Crippen molar-refractivity contribution in [1.82, 2.24) is 14.9 Å². The Bertz CT molecular complexity index is 970. The average molecular weight is 514 g/mol. The number of hydrogen-bond acceptors (Lipinski definition) is 6. The summed E-state index contributed by atoms with van der Waals surface area (Å²) in [5.41, 5.74) is 0.630. The molecule has 1 aromatic carbocycles. The largest absolute Gasteiger partial charge is 0.490 e. The molecule has 9 nitrogen and oxygen atoms in total. The lowest BCUT2D eigenvalue weighted by Gasteiger charge is -2.20. The lowest BCUT2D eigenvalue weighted by molar-refractivity contribution is -0.118. The fourth-order valence-electron chi connectivity index (χ4n) is 3.79. The van der Waals surface area contributed by atoms with Crippen molar-refractivity contribution in [2.45, 2.75) is 57.9 Å². The summed E-state index contributed by atoms with van der Waals surface area (Å²) in [5.74, 6) is -0.256. The Hall–Kier alpha value is -2.24. The van der Waals surface area contributed by atoms with Crippen molar-refractivity contribution in [2.24, 2.45) is 5.92 Å². The fourth-order valence-corrected chi connectivity index (χ4v) is 5.18. The van der Waals surface area contributed by atoms with E-state index in [1.165, 1.54) is 11.0 Å². The predicted molar refractivity (Wildman–Crippen MR) is 129 cm³/mol. The minimum atomic E-state index is -3.62. The highest BCUT2D eigenvalue weighted by Crippen LogP contribution is 2.31. The monoisotopic (exact) mass is 513 g/mol. The van der Waals surface area contributed by atoms with Crippen LogP contribution in [0.1, 0.15) is 63.5 Å². The smallest absolute Gasteiger partial charge is 0.324 e. The van der Waals surface area contributed by atoms with Crippen LogP contribution in [0.25, 0.3) is 0 Å². The number of nitrogens with zero attached hydrogens (tertiary/aromatic N) is 1. The van der Waals surface area contributed by atoms with Crippen molar-refractivity contribution in [3.8, 4) is 5.75 Å². The molecule has 1 aliphatic heterocycles. The molecular weight excluding hydrogens is 477 g/mol. The fraction of sp³-hybridized carbons (Fsp3) is 0.667. The normalized spacial score (nSPS) is 17.0. The molecule has 2 fully saturated rings. The molecule has 1 saturated carbocycles. The first kappa shape index (κ1) is 27.3. The molecule has 1 heterocycles. The second-order valence-corrected chi connectivity index (χ2v) is 11.0. The van der Waals surface area contributed by atoms with Crippen LogP contribution in [0.15, 0.2) is 18.2 Å². The lowest BCUT2D eigenvalue weighted by Crippen LogP contribution is -2.32. The first-order chi connectivity index (χ1) is 16.8. The van der Waals surface area contributed by atoms with Gasteiger partial charge in [-0.25, -0.2) is 22.3 Å². The molecule has 35 heavy (non-hydrogen) atoms. The van der Waals surface area contributed by atoms with Gasteiger partial charge in [0, 0.05) is 25.8 Å². The quantitative estimate of drug-likeness (QED) is 0.244. The third-order valence-electron chi connectivity index (χ3n) is 5.96. The zero-order chi connectivity index (χ0) is 25.3. The number of ether oxygens (including phenoxy) is 2. The molecule has 1 aliphatic carbocycles. The Kier molecular flexibility index (Phi) is 10.3. The third kappa shape index (κ3) is 9.38. The molecule has 1 saturated heterocycles. The van der Waals surface area contributed by atoms with Crippen LogP contribution in [0.4, 0.5) is 9.18 Å². The highest BCUT2D eigenvalue weighted by Gasteiger charge is 2.26. The lowest BCUT2D eigenvalue weighted by atomic mass is 10.0. The van der Waals surface area contributed by atoms with E-state index in [1.54, 1.807) is 12.1 Å². The molecular formula is C24H36FN3O6S. The summed E-state index contributed by atoms with van der Waals surface area (Å²) < 4.78 is 53.8. The van der Waals surface area contributed by atoms with Gasteiger partial charge >= 0.3 is 6.03 Å². The van der Waals surface area contributed by atoms with Gasteiger partial charge in [-0.05, 0) is 62.1 Å². The number of sulfonamides is 1. The maximum absolute atomic E-state index is 14.3. The van der Waals surface area contributed by atoms with Gasteiger partial charge in [0.15, 0.2) is 11.6 Å². The van der Waals surface area contributed by atoms with E-state index >= 15 is 0 Å². The van der Waals surface area contributed by atoms with Gasteiger partial charge < -0.3 is 14.4 Å². The Balaban J connectivity index is 1.54. The van der Waals surface area contributed by atoms with Crippen LogP contribution in [-0.2, 0) is 19.6 Å². The van der Waals surface area contributed by atoms with Crippen LogP contribution >= 0.6 is 0 Å². The third-order valence-corrected chi connectivity index (χ3v) is 7.43. The first-order valence-electron chi connectivity index (χ1n) is 12.4. The van der Waals surface area contributed by atoms with Crippen LogP contribution in [0.5, 0.6) is 5.75 Å². The molecule has 2 aliphatic rings. The molecule has 196 valence electrons. The zero-order valence-electron chi connectivity index (χ0n) is 20.3. The van der Waals surface area contributed by atoms with E-state index in [0.717, 1.165) is 19.3 Å². The SMILES string of the molecule is CCCOCC[C@@H](NS(=O)(=O)CCCCCN1CC(=O)NC1=O)c1ccc(F)c(OCC2CC2)c1. The van der Waals surface area contributed by atoms with Gasteiger partial charge in [0.1, 0.15) is 6.54 Å². The summed E-state index contributed by atoms with van der Waals surface area (Å²) >= 11 is 0. The highest BCUT2D eigenvalue weighted by molar-refractivity contribution is 7.89. The van der Waals surface area contributed by atoms with E-state index in [-0.39, 0.29) is 24.0 Å². The number of unbranched alkanes of at least 4 members (excludes halogenated alkanes) is 2. The number of urea groups is 1. The summed E-state index contributed by atoms with van der Waals surface area (Å²) in [6.07, 6.45) is 5.05. The summed E-state index contributed by atoms with van der Waals surface area (Å²) in [5, 5.41) is 2.22. The van der Waals surface area contributed by atoms with Crippen molar-refractivity contribution in [2.75, 3.05) is 38.7 Å². The Morgan fingerprint density at radius 1 is 1.20 bits per heavy atom. The minimum Gasteiger partial charge on any atom is -0.490 e. The number of benzene rings is 1. The second-order valence-electron chi connectivity index (χ2n) is 9.17. The molecule has 1 atom stereocenters. The molecule has 1 aromatic rings. The van der Waals surface area contributed by atoms with E-state index in [2.05, 4.69) is 10.0 Å². The molecule has 0 bridgehead atoms. The number of carbonyl (C=O) groups excluding carboxylic acids is 2. The van der Waals surface area contributed by atoms with Gasteiger partial charge in [0.2, 0.25) is 15.9 Å². The van der Waals surface area contributed by atoms with E-state index in [4.69, 9.17) is 9.47 Å². The molecule has 0 unspecified atom stereocenters. The maximum atomic E-state index is 14.3. The number of nitrogens with one attached hydrogen (secondary N) is 2. The summed E-state index contributed by atoms with van der Waals surface area (Å²) in [4.78, 5) is 24.2. The van der Waals surface area contributed by atoms with Crippen molar-refractivity contribution in [1.29, 1.82) is 0 Å². The highest BCUT2D eigenvalue weighted by atomic mass is 32.2. The number of rotatable bonds is 17. The minimum absolute atomic E-state index is 0.0461. The van der Waals surface area contributed by atoms with Gasteiger partial charge in [-0.2, -0.15) is 0 Å². The molecule has 0 spiro atoms. The van der Waals surface area contributed by atoms with E-state index in [1.807, 2.05) is 6.92 Å². The Morgan fingerprint density at radius 2 is 2.00 bits per heavy atom. The van der Waals surface area contributed by atoms with E-state index < -0.39 is 27.9 Å². The van der Waals surface area contributed by atoms with Gasteiger partial charge in [0.05, 0.1) is 12.4 Å². The van der Waals surface area contributed by atoms with Crippen molar-refractivity contribution in [3.63, 3.8) is 0 Å². The van der Waals surface area contributed by atoms with Crippen LogP contribution in [0.3, 0.4) is 0 Å². The van der Waals surface area contributed by atoms with Crippen LogP contribution in [0.2, 0.25) is 0 Å². The molecule has 0 aromatic heterocycles. The molecule has 3 rings (SSSR count). The number of imide groups is 1. The average Bonchev–Trinajstić information content (AvgIpc) is 3.58. The maximum Gasteiger partial charge on any atom is 0.324 e. The summed E-state index contributed by atoms with van der Waals surface area (Å²) in [6, 6.07) is 3.49. The number of carbonyl (C=O) groups is 2. The first-order valence-corrected chi connectivity index (χ1v) is 14.0. The molecule has 2 N–H and O–H groups in total. The standard InChI is InChI=1S/C24H36FN3O6S/c1-2-12-33-13-10-21(19-8-9-20(25)22(15-19)34-17-18-6-7-18)27-35(31,32)14-5-3-4-11-28-16-23(29)26-24(28)30/h8-9,15,18,21,27H,2-7,10-14,16-17H2,1H3,(H,26,29,30)/t21-/m1/s1. The van der Waals surface area contributed by atoms with Gasteiger partial charge in [-0.1, -0.05) is 19.4 Å². The molecule has 0 radical (unpaired) electrons. The summed E-state index contributed by atoms with van der Waals surface area (Å²) in [7, 11) is -3.62. The van der Waals surface area contributed by atoms with Gasteiger partial charge in [-0.15, -0.1) is 0 Å². The topological polar surface area (TPSA) is 114 Å². The van der Waals surface area contributed by atoms with E-state index in [0.29, 0.717) is 63.5 Å². The Labute approximate surface area is 206 Å². The molecule has 11 heteroatoms.